The Labute approximate surface area is 69.5 Å². The predicted molar refractivity (Wildman–Crippen MR) is 34.9 cm³/mol. The predicted octanol–water partition coefficient (Wildman–Crippen LogP) is 1.89. The third kappa shape index (κ3) is 31.8. The van der Waals surface area contributed by atoms with Crippen LogP contribution in [0.1, 0.15) is 0 Å². The van der Waals surface area contributed by atoms with Gasteiger partial charge in [0.1, 0.15) is 0 Å². The van der Waals surface area contributed by atoms with Gasteiger partial charge in [0.15, 0.2) is 0 Å². The average molecular weight is 359 g/mol. The maximum Gasteiger partial charge on any atom is 0 e. The minimum absolute atomic E-state index is 0. The third-order valence-electron chi connectivity index (χ3n) is 0. The van der Waals surface area contributed by atoms with Crippen molar-refractivity contribution in [1.82, 2.24) is 0 Å². The van der Waals surface area contributed by atoms with Gasteiger partial charge < -0.3 is 0 Å². The first kappa shape index (κ1) is 11.3. The van der Waals surface area contributed by atoms with E-state index in [1.54, 1.807) is 4.94 Å². The first-order valence-electron chi connectivity index (χ1n) is 1.07. The Kier molecular flexibility index (Phi) is 8.20. The Morgan fingerprint density at radius 3 is 1.17 bits per heavy atom. The van der Waals surface area contributed by atoms with E-state index in [1.807, 2.05) is 0 Å². The molecule has 0 rings (SSSR count). The molecule has 6 heavy (non-hydrogen) atoms. The number of halogens is 3. The zero-order valence-corrected chi connectivity index (χ0v) is 11.1. The largest absolute Gasteiger partial charge is 0 e. The molecule has 0 saturated carbocycles. The SMILES string of the molecule is [CH3][Sn]([Cl])([Cl])[Cl].[Sn]. The maximum atomic E-state index is 5.27. The molecule has 4 radical (unpaired) electrons. The van der Waals surface area contributed by atoms with Crippen LogP contribution in [0.15, 0.2) is 0 Å². The van der Waals surface area contributed by atoms with Gasteiger partial charge in [0.05, 0.1) is 0 Å². The Morgan fingerprint density at radius 1 is 1.17 bits per heavy atom. The summed E-state index contributed by atoms with van der Waals surface area (Å²) in [5, 5.41) is 0. The molecule has 0 nitrogen and oxygen atoms in total. The summed E-state index contributed by atoms with van der Waals surface area (Å²) in [6.07, 6.45) is 0. The van der Waals surface area contributed by atoms with Gasteiger partial charge in [-0.05, 0) is 0 Å². The molecule has 0 saturated heterocycles. The molecule has 5 heteroatoms. The van der Waals surface area contributed by atoms with Gasteiger partial charge in [-0.1, -0.05) is 0 Å². The first-order chi connectivity index (χ1) is 2.00. The summed E-state index contributed by atoms with van der Waals surface area (Å²) < 4.78 is 0. The van der Waals surface area contributed by atoms with Gasteiger partial charge in [0.25, 0.3) is 0 Å². The summed E-state index contributed by atoms with van der Waals surface area (Å²) in [6, 6.07) is 0. The van der Waals surface area contributed by atoms with Crippen molar-refractivity contribution in [3.8, 4) is 0 Å². The van der Waals surface area contributed by atoms with Crippen molar-refractivity contribution in [1.29, 1.82) is 0 Å². The van der Waals surface area contributed by atoms with Gasteiger partial charge >= 0.3 is 46.7 Å². The molecule has 0 aromatic carbocycles. The van der Waals surface area contributed by atoms with Crippen LogP contribution in [0, 0.1) is 0 Å². The molecule has 0 fully saturated rings. The van der Waals surface area contributed by atoms with Gasteiger partial charge in [-0.15, -0.1) is 0 Å². The fourth-order valence-electron chi connectivity index (χ4n) is 0. The van der Waals surface area contributed by atoms with Crippen molar-refractivity contribution < 1.29 is 0 Å². The summed E-state index contributed by atoms with van der Waals surface area (Å²) in [7, 11) is 15.8. The minimum Gasteiger partial charge on any atom is 0 e. The van der Waals surface area contributed by atoms with Gasteiger partial charge in [-0.2, -0.15) is 0 Å². The van der Waals surface area contributed by atoms with Crippen LogP contribution in [0.3, 0.4) is 0 Å². The Bertz CT molecular complexity index is 24.3. The molecule has 0 unspecified atom stereocenters. The van der Waals surface area contributed by atoms with Crippen molar-refractivity contribution in [3.05, 3.63) is 0 Å². The molecule has 0 heterocycles. The third-order valence-corrected chi connectivity index (χ3v) is 0. The van der Waals surface area contributed by atoms with Crippen LogP contribution in [-0.4, -0.2) is 38.9 Å². The molecule has 0 atom stereocenters. The standard InChI is InChI=1S/CH3.3ClH.2Sn/h1H3;3*1H;;/q;;;;;+3/p-3. The number of rotatable bonds is 0. The molecule has 0 aliphatic carbocycles. The monoisotopic (exact) mass is 360 g/mol. The van der Waals surface area contributed by atoms with Crippen molar-refractivity contribution in [2.75, 3.05) is 0 Å². The van der Waals surface area contributed by atoms with E-state index in [4.69, 9.17) is 26.8 Å². The van der Waals surface area contributed by atoms with Crippen LogP contribution in [0.5, 0.6) is 0 Å². The Morgan fingerprint density at radius 2 is 1.17 bits per heavy atom. The van der Waals surface area contributed by atoms with E-state index in [-0.39, 0.29) is 23.9 Å². The summed E-state index contributed by atoms with van der Waals surface area (Å²) in [5.41, 5.74) is 0. The van der Waals surface area contributed by atoms with Gasteiger partial charge in [0, 0.05) is 23.9 Å². The van der Waals surface area contributed by atoms with Gasteiger partial charge in [-0.3, -0.25) is 0 Å². The topological polar surface area (TPSA) is 0 Å². The van der Waals surface area contributed by atoms with E-state index >= 15 is 0 Å². The molecule has 36 valence electrons. The van der Waals surface area contributed by atoms with Crippen LogP contribution in [0.2, 0.25) is 4.94 Å². The van der Waals surface area contributed by atoms with Crippen LogP contribution in [-0.2, 0) is 0 Å². The normalized spacial score (nSPS) is 10.0. The average Bonchev–Trinajstić information content (AvgIpc) is 0.722. The molecule has 0 aliphatic heterocycles. The van der Waals surface area contributed by atoms with Crippen molar-refractivity contribution in [2.45, 2.75) is 4.94 Å². The van der Waals surface area contributed by atoms with Crippen LogP contribution >= 0.6 is 26.8 Å². The van der Waals surface area contributed by atoms with E-state index < -0.39 is 15.0 Å². The van der Waals surface area contributed by atoms with Crippen molar-refractivity contribution in [2.24, 2.45) is 0 Å². The number of hydrogen-bond donors (Lipinski definition) is 0. The second-order valence-corrected chi connectivity index (χ2v) is 24.3. The second-order valence-electron chi connectivity index (χ2n) is 0.781. The smallest absolute Gasteiger partial charge is 0 e. The summed E-state index contributed by atoms with van der Waals surface area (Å²) in [5.74, 6) is 0. The van der Waals surface area contributed by atoms with Gasteiger partial charge in [-0.25, -0.2) is 0 Å². The van der Waals surface area contributed by atoms with E-state index in [9.17, 15) is 0 Å². The van der Waals surface area contributed by atoms with Crippen LogP contribution < -0.4 is 0 Å². The Balaban J connectivity index is 0. The fourth-order valence-corrected chi connectivity index (χ4v) is 0. The second kappa shape index (κ2) is 4.36. The van der Waals surface area contributed by atoms with E-state index in [2.05, 4.69) is 0 Å². The molecule has 0 bridgehead atoms. The van der Waals surface area contributed by atoms with Crippen LogP contribution in [0.25, 0.3) is 0 Å². The van der Waals surface area contributed by atoms with E-state index in [0.29, 0.717) is 0 Å². The van der Waals surface area contributed by atoms with Gasteiger partial charge in [0.2, 0.25) is 0 Å². The molecule has 0 aliphatic rings. The maximum absolute atomic E-state index is 5.27. The molecule has 0 amide bonds. The summed E-state index contributed by atoms with van der Waals surface area (Å²) in [4.78, 5) is 1.69. The zero-order valence-electron chi connectivity index (χ0n) is 3.13. The minimum atomic E-state index is -2.76. The van der Waals surface area contributed by atoms with Crippen molar-refractivity contribution in [3.63, 3.8) is 0 Å². The fraction of sp³-hybridized carbons (Fsp3) is 1.00. The first-order valence-corrected chi connectivity index (χ1v) is 14.8. The molecule has 0 aromatic heterocycles. The van der Waals surface area contributed by atoms with Crippen molar-refractivity contribution >= 4 is 65.7 Å². The molecular formula is CH3Cl3Sn2. The summed E-state index contributed by atoms with van der Waals surface area (Å²) >= 11 is -2.76. The van der Waals surface area contributed by atoms with Crippen LogP contribution in [0.4, 0.5) is 0 Å². The molecular weight excluding hydrogens is 356 g/mol. The van der Waals surface area contributed by atoms with E-state index in [0.717, 1.165) is 0 Å². The quantitative estimate of drug-likeness (QED) is 0.580. The molecule has 0 N–H and O–H groups in total. The Hall–Kier alpha value is 2.47. The van der Waals surface area contributed by atoms with E-state index in [1.165, 1.54) is 0 Å². The zero-order chi connectivity index (χ0) is 4.50. The molecule has 0 spiro atoms. The summed E-state index contributed by atoms with van der Waals surface area (Å²) in [6.45, 7) is 0. The number of hydrogen-bond acceptors (Lipinski definition) is 0. The molecule has 0 aromatic rings.